The Morgan fingerprint density at radius 1 is 1.45 bits per heavy atom. The predicted molar refractivity (Wildman–Crippen MR) is 58.3 cm³/mol. The number of rotatable bonds is 6. The minimum Gasteiger partial charge on any atom is -0.612 e. The molecule has 0 aromatic heterocycles. The van der Waals surface area contributed by atoms with E-state index in [9.17, 15) is 4.55 Å². The minimum atomic E-state index is -0.796. The van der Waals surface area contributed by atoms with Crippen LogP contribution in [-0.4, -0.2) is 22.3 Å². The van der Waals surface area contributed by atoms with E-state index >= 15 is 0 Å². The van der Waals surface area contributed by atoms with Crippen molar-refractivity contribution in [3.63, 3.8) is 0 Å². The van der Waals surface area contributed by atoms with Gasteiger partial charge in [-0.15, -0.1) is 6.58 Å². The monoisotopic (exact) mass is 208 g/mol. The second-order valence-corrected chi connectivity index (χ2v) is 5.55. The summed E-state index contributed by atoms with van der Waals surface area (Å²) in [6, 6.07) is 0. The van der Waals surface area contributed by atoms with Gasteiger partial charge in [0.2, 0.25) is 0 Å². The van der Waals surface area contributed by atoms with Gasteiger partial charge in [-0.25, -0.2) is 0 Å². The van der Waals surface area contributed by atoms with E-state index in [1.165, 1.54) is 0 Å². The molecule has 0 aliphatic rings. The Bertz CT molecular complexity index is 123. The molecule has 0 bridgehead atoms. The highest BCUT2D eigenvalue weighted by Crippen LogP contribution is 2.20. The molecule has 0 fully saturated rings. The van der Waals surface area contributed by atoms with Crippen LogP contribution in [0.2, 0.25) is 0 Å². The summed E-state index contributed by atoms with van der Waals surface area (Å²) in [6.07, 6.45) is 5.47. The molecular weight excluding hydrogens is 196 g/mol. The highest BCUT2D eigenvalue weighted by Gasteiger charge is 1.86. The van der Waals surface area contributed by atoms with Crippen LogP contribution in [0.5, 0.6) is 0 Å². The van der Waals surface area contributed by atoms with Crippen LogP contribution in [0.25, 0.3) is 0 Å². The lowest BCUT2D eigenvalue weighted by Crippen LogP contribution is -1.87. The molecule has 0 aliphatic carbocycles. The zero-order chi connectivity index (χ0) is 8.53. The molecule has 0 amide bonds. The van der Waals surface area contributed by atoms with E-state index in [2.05, 4.69) is 6.58 Å². The summed E-state index contributed by atoms with van der Waals surface area (Å²) in [5, 5.41) is 1.71. The van der Waals surface area contributed by atoms with E-state index in [0.717, 1.165) is 11.5 Å². The average Bonchev–Trinajstić information content (AvgIpc) is 1.96. The molecule has 0 saturated heterocycles. The van der Waals surface area contributed by atoms with Crippen molar-refractivity contribution in [1.29, 1.82) is 0 Å². The van der Waals surface area contributed by atoms with Crippen molar-refractivity contribution in [1.82, 2.24) is 0 Å². The maximum atomic E-state index is 10.5. The summed E-state index contributed by atoms with van der Waals surface area (Å²) in [5.74, 6) is 1.88. The van der Waals surface area contributed by atoms with Gasteiger partial charge in [-0.1, -0.05) is 27.7 Å². The molecule has 11 heavy (non-hydrogen) atoms. The molecule has 1 unspecified atom stereocenters. The molecule has 0 spiro atoms. The molecule has 0 radical (unpaired) electrons. The van der Waals surface area contributed by atoms with Crippen LogP contribution in [0.4, 0.5) is 0 Å². The predicted octanol–water partition coefficient (Wildman–Crippen LogP) is 2.45. The van der Waals surface area contributed by atoms with Gasteiger partial charge in [0, 0.05) is 11.5 Å². The van der Waals surface area contributed by atoms with Crippen LogP contribution in [0.1, 0.15) is 0 Å². The topological polar surface area (TPSA) is 23.1 Å². The minimum absolute atomic E-state index is 0.796. The van der Waals surface area contributed by atoms with Crippen LogP contribution >= 0.6 is 21.6 Å². The fourth-order valence-electron chi connectivity index (χ4n) is 0.358. The summed E-state index contributed by atoms with van der Waals surface area (Å²) in [4.78, 5) is 0. The molecule has 0 rings (SSSR count). The van der Waals surface area contributed by atoms with Crippen LogP contribution in [0, 0.1) is 0 Å². The first-order valence-electron chi connectivity index (χ1n) is 3.11. The fourth-order valence-corrected chi connectivity index (χ4v) is 2.41. The first-order valence-corrected chi connectivity index (χ1v) is 7.22. The van der Waals surface area contributed by atoms with Crippen molar-refractivity contribution >= 4 is 32.8 Å². The second-order valence-electron chi connectivity index (χ2n) is 1.73. The summed E-state index contributed by atoms with van der Waals surface area (Å²) in [5.41, 5.74) is 0. The van der Waals surface area contributed by atoms with Crippen molar-refractivity contribution in [3.05, 3.63) is 24.1 Å². The Kier molecular flexibility index (Phi) is 8.97. The van der Waals surface area contributed by atoms with Crippen LogP contribution in [0.15, 0.2) is 24.1 Å². The molecule has 1 nitrogen and oxygen atoms in total. The third-order valence-electron chi connectivity index (χ3n) is 0.721. The van der Waals surface area contributed by atoms with Crippen molar-refractivity contribution in [3.8, 4) is 0 Å². The van der Waals surface area contributed by atoms with Gasteiger partial charge in [0.25, 0.3) is 0 Å². The Morgan fingerprint density at radius 2 is 2.09 bits per heavy atom. The molecule has 0 N–H and O–H groups in total. The quantitative estimate of drug-likeness (QED) is 0.290. The van der Waals surface area contributed by atoms with E-state index in [1.54, 1.807) is 33.3 Å². The zero-order valence-electron chi connectivity index (χ0n) is 6.49. The first kappa shape index (κ1) is 11.5. The molecule has 0 aromatic carbocycles. The molecule has 4 heteroatoms. The van der Waals surface area contributed by atoms with Crippen molar-refractivity contribution in [2.24, 2.45) is 0 Å². The van der Waals surface area contributed by atoms with E-state index < -0.39 is 11.2 Å². The molecule has 0 aromatic rings. The Labute approximate surface area is 79.3 Å². The summed E-state index contributed by atoms with van der Waals surface area (Å²) in [7, 11) is 3.50. The average molecular weight is 208 g/mol. The first-order chi connectivity index (χ1) is 5.27. The molecule has 1 atom stereocenters. The standard InChI is InChI=1S/C7H12OS3/c1-3-5-9-10-6-4-7-11(2)8/h3-4,7H,1,5-6H2,2H3/b7-4-. The lowest BCUT2D eigenvalue weighted by atomic mass is 10.8. The lowest BCUT2D eigenvalue weighted by Gasteiger charge is -1.95. The van der Waals surface area contributed by atoms with Gasteiger partial charge in [0.1, 0.15) is 5.41 Å². The smallest absolute Gasteiger partial charge is 0.113 e. The normalized spacial score (nSPS) is 13.6. The summed E-state index contributed by atoms with van der Waals surface area (Å²) in [6.45, 7) is 3.61. The van der Waals surface area contributed by atoms with Gasteiger partial charge in [0.05, 0.1) is 6.26 Å². The lowest BCUT2D eigenvalue weighted by molar-refractivity contribution is 0.609. The maximum absolute atomic E-state index is 10.5. The highest BCUT2D eigenvalue weighted by molar-refractivity contribution is 8.76. The second kappa shape index (κ2) is 8.59. The SMILES string of the molecule is C=CCSSC/C=C\[S+](C)[O-]. The van der Waals surface area contributed by atoms with E-state index in [4.69, 9.17) is 0 Å². The molecule has 0 heterocycles. The summed E-state index contributed by atoms with van der Waals surface area (Å²) < 4.78 is 10.5. The van der Waals surface area contributed by atoms with E-state index in [1.807, 2.05) is 12.2 Å². The van der Waals surface area contributed by atoms with Gasteiger partial charge in [-0.2, -0.15) is 0 Å². The van der Waals surface area contributed by atoms with Gasteiger partial charge in [-0.05, 0) is 17.3 Å². The van der Waals surface area contributed by atoms with Crippen molar-refractivity contribution < 1.29 is 4.55 Å². The van der Waals surface area contributed by atoms with Crippen molar-refractivity contribution in [2.75, 3.05) is 17.8 Å². The van der Waals surface area contributed by atoms with Crippen LogP contribution in [0.3, 0.4) is 0 Å². The Morgan fingerprint density at radius 3 is 2.64 bits per heavy atom. The van der Waals surface area contributed by atoms with E-state index in [-0.39, 0.29) is 0 Å². The third kappa shape index (κ3) is 10.5. The molecule has 0 saturated carbocycles. The van der Waals surface area contributed by atoms with E-state index in [0.29, 0.717) is 0 Å². The molecule has 64 valence electrons. The molecule has 0 aliphatic heterocycles. The molecular formula is C7H12OS3. The largest absolute Gasteiger partial charge is 0.612 e. The number of hydrogen-bond acceptors (Lipinski definition) is 3. The maximum Gasteiger partial charge on any atom is 0.113 e. The summed E-state index contributed by atoms with van der Waals surface area (Å²) >= 11 is -0.796. The van der Waals surface area contributed by atoms with Crippen LogP contribution in [-0.2, 0) is 11.2 Å². The Hall–Kier alpha value is 0.490. The van der Waals surface area contributed by atoms with Gasteiger partial charge in [0.15, 0.2) is 0 Å². The van der Waals surface area contributed by atoms with Crippen molar-refractivity contribution in [2.45, 2.75) is 0 Å². The zero-order valence-corrected chi connectivity index (χ0v) is 8.94. The van der Waals surface area contributed by atoms with Gasteiger partial charge in [-0.3, -0.25) is 0 Å². The third-order valence-corrected chi connectivity index (χ3v) is 3.48. The van der Waals surface area contributed by atoms with Gasteiger partial charge < -0.3 is 4.55 Å². The highest BCUT2D eigenvalue weighted by atomic mass is 33.1. The fraction of sp³-hybridized carbons (Fsp3) is 0.429. The van der Waals surface area contributed by atoms with Gasteiger partial charge >= 0.3 is 0 Å². The number of hydrogen-bond donors (Lipinski definition) is 0. The Balaban J connectivity index is 3.07. The van der Waals surface area contributed by atoms with Crippen LogP contribution < -0.4 is 0 Å².